The number of methoxy groups -OCH3 is 1. The van der Waals surface area contributed by atoms with Gasteiger partial charge in [-0.1, -0.05) is 18.2 Å². The van der Waals surface area contributed by atoms with Crippen molar-refractivity contribution in [3.05, 3.63) is 65.1 Å². The summed E-state index contributed by atoms with van der Waals surface area (Å²) in [5, 5.41) is 16.3. The second kappa shape index (κ2) is 8.85. The molecule has 7 nitrogen and oxygen atoms in total. The van der Waals surface area contributed by atoms with E-state index < -0.39 is 11.9 Å². The second-order valence-corrected chi connectivity index (χ2v) is 6.42. The lowest BCUT2D eigenvalue weighted by Gasteiger charge is -2.22. The topological polar surface area (TPSA) is 110 Å². The average molecular weight is 398 g/mol. The molecule has 0 spiro atoms. The maximum atomic E-state index is 14.2. The van der Waals surface area contributed by atoms with E-state index in [1.165, 1.54) is 25.4 Å². The van der Waals surface area contributed by atoms with Crippen molar-refractivity contribution in [3.63, 3.8) is 0 Å². The summed E-state index contributed by atoms with van der Waals surface area (Å²) in [6.45, 7) is -0.0840. The van der Waals surface area contributed by atoms with Crippen molar-refractivity contribution >= 4 is 22.5 Å². The van der Waals surface area contributed by atoms with Crippen LogP contribution in [0, 0.1) is 5.82 Å². The summed E-state index contributed by atoms with van der Waals surface area (Å²) in [4.78, 5) is 16.6. The van der Waals surface area contributed by atoms with E-state index in [1.54, 1.807) is 31.3 Å². The van der Waals surface area contributed by atoms with E-state index in [0.29, 0.717) is 33.3 Å². The molecule has 29 heavy (non-hydrogen) atoms. The molecule has 0 bridgehead atoms. The number of pyridine rings is 1. The molecule has 5 N–H and O–H groups in total. The summed E-state index contributed by atoms with van der Waals surface area (Å²) >= 11 is 0. The van der Waals surface area contributed by atoms with Gasteiger partial charge in [0.1, 0.15) is 0 Å². The highest BCUT2D eigenvalue weighted by molar-refractivity contribution is 6.08. The molecule has 0 saturated carbocycles. The molecule has 0 fully saturated rings. The van der Waals surface area contributed by atoms with E-state index in [4.69, 9.17) is 10.5 Å². The third-order valence-electron chi connectivity index (χ3n) is 4.75. The lowest BCUT2D eigenvalue weighted by Crippen LogP contribution is -2.22. The van der Waals surface area contributed by atoms with E-state index in [-0.39, 0.29) is 24.8 Å². The number of nitrogens with zero attached hydrogens (tertiary/aromatic N) is 1. The molecule has 0 radical (unpaired) electrons. The highest BCUT2D eigenvalue weighted by atomic mass is 19.1. The van der Waals surface area contributed by atoms with Crippen LogP contribution in [0.25, 0.3) is 10.9 Å². The Morgan fingerprint density at radius 3 is 2.76 bits per heavy atom. The zero-order valence-electron chi connectivity index (χ0n) is 16.2. The molecule has 0 saturated heterocycles. The van der Waals surface area contributed by atoms with Crippen LogP contribution in [0.4, 0.5) is 10.1 Å². The molecule has 0 aliphatic heterocycles. The number of benzene rings is 2. The third kappa shape index (κ3) is 3.98. The summed E-state index contributed by atoms with van der Waals surface area (Å²) in [6, 6.07) is 9.41. The predicted octanol–water partition coefficient (Wildman–Crippen LogP) is 2.35. The largest absolute Gasteiger partial charge is 0.494 e. The molecule has 0 aliphatic rings. The van der Waals surface area contributed by atoms with Crippen molar-refractivity contribution in [2.45, 2.75) is 12.6 Å². The van der Waals surface area contributed by atoms with Crippen LogP contribution in [0.15, 0.2) is 42.6 Å². The van der Waals surface area contributed by atoms with Crippen molar-refractivity contribution in [3.8, 4) is 5.75 Å². The fourth-order valence-electron chi connectivity index (χ4n) is 3.22. The number of aliphatic hydroxyl groups is 1. The lowest BCUT2D eigenvalue weighted by atomic mass is 10.0. The van der Waals surface area contributed by atoms with Gasteiger partial charge in [-0.25, -0.2) is 4.39 Å². The molecule has 3 rings (SSSR count). The third-order valence-corrected chi connectivity index (χ3v) is 4.75. The van der Waals surface area contributed by atoms with Gasteiger partial charge in [0.05, 0.1) is 36.5 Å². The smallest absolute Gasteiger partial charge is 0.253 e. The minimum absolute atomic E-state index is 0.144. The van der Waals surface area contributed by atoms with Crippen LogP contribution in [0.2, 0.25) is 0 Å². The van der Waals surface area contributed by atoms with Gasteiger partial charge in [0.2, 0.25) is 0 Å². The van der Waals surface area contributed by atoms with Gasteiger partial charge < -0.3 is 26.2 Å². The van der Waals surface area contributed by atoms with Gasteiger partial charge >= 0.3 is 0 Å². The zero-order valence-corrected chi connectivity index (χ0v) is 16.2. The maximum absolute atomic E-state index is 14.2. The molecule has 2 aromatic carbocycles. The first-order valence-electron chi connectivity index (χ1n) is 9.07. The molecule has 0 aliphatic carbocycles. The maximum Gasteiger partial charge on any atom is 0.253 e. The van der Waals surface area contributed by atoms with Gasteiger partial charge in [-0.2, -0.15) is 0 Å². The first kappa shape index (κ1) is 20.5. The number of aromatic nitrogens is 1. The minimum Gasteiger partial charge on any atom is -0.494 e. The average Bonchev–Trinajstić information content (AvgIpc) is 2.76. The Morgan fingerprint density at radius 1 is 1.34 bits per heavy atom. The van der Waals surface area contributed by atoms with Crippen LogP contribution < -0.4 is 21.1 Å². The van der Waals surface area contributed by atoms with Crippen molar-refractivity contribution < 1.29 is 19.0 Å². The van der Waals surface area contributed by atoms with Gasteiger partial charge in [0, 0.05) is 30.7 Å². The number of para-hydroxylation sites is 1. The Labute approximate surface area is 167 Å². The zero-order chi connectivity index (χ0) is 21.0. The molecule has 1 atom stereocenters. The van der Waals surface area contributed by atoms with Crippen LogP contribution in [-0.2, 0) is 6.61 Å². The van der Waals surface area contributed by atoms with Gasteiger partial charge in [0.25, 0.3) is 5.91 Å². The second-order valence-electron chi connectivity index (χ2n) is 6.42. The molecule has 1 aromatic heterocycles. The number of carbonyl (C=O) groups excluding carboxylic acids is 1. The van der Waals surface area contributed by atoms with Crippen molar-refractivity contribution in [2.75, 3.05) is 26.0 Å². The molecule has 1 heterocycles. The van der Waals surface area contributed by atoms with E-state index in [9.17, 15) is 14.3 Å². The number of anilines is 1. The van der Waals surface area contributed by atoms with Crippen molar-refractivity contribution in [2.24, 2.45) is 5.73 Å². The number of hydrogen-bond donors (Lipinski definition) is 4. The molecular formula is C21H23FN4O3. The number of halogens is 1. The van der Waals surface area contributed by atoms with Crippen LogP contribution in [-0.4, -0.2) is 36.7 Å². The van der Waals surface area contributed by atoms with Crippen LogP contribution in [0.1, 0.15) is 27.5 Å². The van der Waals surface area contributed by atoms with Gasteiger partial charge in [-0.15, -0.1) is 0 Å². The quantitative estimate of drug-likeness (QED) is 0.486. The highest BCUT2D eigenvalue weighted by Crippen LogP contribution is 2.32. The molecule has 1 amide bonds. The Bertz CT molecular complexity index is 1040. The van der Waals surface area contributed by atoms with Crippen LogP contribution in [0.3, 0.4) is 0 Å². The minimum atomic E-state index is -0.492. The summed E-state index contributed by atoms with van der Waals surface area (Å²) in [5.74, 6) is -0.613. The monoisotopic (exact) mass is 398 g/mol. The summed E-state index contributed by atoms with van der Waals surface area (Å²) in [6.07, 6.45) is 1.51. The van der Waals surface area contributed by atoms with E-state index in [2.05, 4.69) is 15.6 Å². The number of fused-ring (bicyclic) bond motifs is 1. The molecule has 8 heteroatoms. The summed E-state index contributed by atoms with van der Waals surface area (Å²) in [7, 11) is 2.95. The number of carbonyl (C=O) groups is 1. The lowest BCUT2D eigenvalue weighted by molar-refractivity contribution is 0.0964. The Balaban J connectivity index is 2.09. The van der Waals surface area contributed by atoms with Gasteiger partial charge in [-0.3, -0.25) is 9.78 Å². The molecule has 3 aromatic rings. The predicted molar refractivity (Wildman–Crippen MR) is 109 cm³/mol. The number of ether oxygens (including phenoxy) is 1. The number of nitrogens with one attached hydrogen (secondary N) is 2. The summed E-state index contributed by atoms with van der Waals surface area (Å²) in [5.41, 5.74) is 8.61. The Hall–Kier alpha value is -3.23. The van der Waals surface area contributed by atoms with E-state index >= 15 is 0 Å². The van der Waals surface area contributed by atoms with Gasteiger partial charge in [0.15, 0.2) is 11.6 Å². The number of nitrogens with two attached hydrogens (primary N) is 1. The number of amides is 1. The van der Waals surface area contributed by atoms with E-state index in [1.807, 2.05) is 0 Å². The standard InChI is InChI=1S/C21H23FN4O3/c1-24-21(28)15-5-3-4-14-19(13(11-27)10-25-20(14)15)26-17(9-23)12-6-7-18(29-2)16(22)8-12/h3-8,10,17,27H,9,11,23H2,1-2H3,(H,24,28)(H,25,26). The fraction of sp³-hybridized carbons (Fsp3) is 0.238. The van der Waals surface area contributed by atoms with Crippen LogP contribution >= 0.6 is 0 Å². The SMILES string of the molecule is CNC(=O)c1cccc2c(NC(CN)c3ccc(OC)c(F)c3)c(CO)cnc12. The Morgan fingerprint density at radius 2 is 2.14 bits per heavy atom. The van der Waals surface area contributed by atoms with Gasteiger partial charge in [-0.05, 0) is 23.8 Å². The number of aliphatic hydroxyl groups excluding tert-OH is 1. The first-order valence-corrected chi connectivity index (χ1v) is 9.07. The highest BCUT2D eigenvalue weighted by Gasteiger charge is 2.19. The first-order chi connectivity index (χ1) is 14.0. The normalized spacial score (nSPS) is 11.9. The van der Waals surface area contributed by atoms with Crippen molar-refractivity contribution in [1.82, 2.24) is 10.3 Å². The number of rotatable bonds is 7. The molecule has 152 valence electrons. The fourth-order valence-corrected chi connectivity index (χ4v) is 3.22. The van der Waals surface area contributed by atoms with E-state index in [0.717, 1.165) is 0 Å². The van der Waals surface area contributed by atoms with Crippen molar-refractivity contribution in [1.29, 1.82) is 0 Å². The van der Waals surface area contributed by atoms with Crippen LogP contribution in [0.5, 0.6) is 5.75 Å². The Kier molecular flexibility index (Phi) is 6.26. The summed E-state index contributed by atoms with van der Waals surface area (Å²) < 4.78 is 19.1. The molecular weight excluding hydrogens is 375 g/mol. The molecule has 1 unspecified atom stereocenters. The number of hydrogen-bond acceptors (Lipinski definition) is 6.